The summed E-state index contributed by atoms with van der Waals surface area (Å²) < 4.78 is 22.2. The van der Waals surface area contributed by atoms with Gasteiger partial charge in [0.05, 0.1) is 31.4 Å². The molecule has 3 rings (SSSR count). The van der Waals surface area contributed by atoms with Gasteiger partial charge in [-0.05, 0) is 55.3 Å². The maximum Gasteiger partial charge on any atom is 0.295 e. The second kappa shape index (κ2) is 12.8. The Labute approximate surface area is 211 Å². The van der Waals surface area contributed by atoms with Crippen LogP contribution in [-0.2, 0) is 14.3 Å². The van der Waals surface area contributed by atoms with Gasteiger partial charge < -0.3 is 29.0 Å². The van der Waals surface area contributed by atoms with Crippen LogP contribution in [0.15, 0.2) is 60.7 Å². The Bertz CT molecular complexity index is 1110. The zero-order valence-corrected chi connectivity index (χ0v) is 21.0. The molecule has 192 valence electrons. The van der Waals surface area contributed by atoms with Crippen molar-refractivity contribution in [2.45, 2.75) is 26.3 Å². The van der Waals surface area contributed by atoms with Crippen LogP contribution >= 0.6 is 0 Å². The van der Waals surface area contributed by atoms with E-state index in [2.05, 4.69) is 6.58 Å². The van der Waals surface area contributed by atoms with Gasteiger partial charge in [-0.3, -0.25) is 9.59 Å². The van der Waals surface area contributed by atoms with E-state index in [1.54, 1.807) is 48.5 Å². The molecule has 0 radical (unpaired) electrons. The van der Waals surface area contributed by atoms with Crippen molar-refractivity contribution in [2.75, 3.05) is 40.1 Å². The van der Waals surface area contributed by atoms with Crippen LogP contribution in [0.2, 0.25) is 0 Å². The highest BCUT2D eigenvalue weighted by molar-refractivity contribution is 6.46. The van der Waals surface area contributed by atoms with Gasteiger partial charge in [0.2, 0.25) is 0 Å². The lowest BCUT2D eigenvalue weighted by atomic mass is 9.95. The van der Waals surface area contributed by atoms with Crippen molar-refractivity contribution in [3.05, 3.63) is 71.8 Å². The van der Waals surface area contributed by atoms with Crippen molar-refractivity contribution in [2.24, 2.45) is 0 Å². The molecule has 1 aliphatic heterocycles. The number of nitrogens with zero attached hydrogens (tertiary/aromatic N) is 1. The molecule has 1 fully saturated rings. The fraction of sp³-hybridized carbons (Fsp3) is 0.357. The lowest BCUT2D eigenvalue weighted by molar-refractivity contribution is -0.140. The van der Waals surface area contributed by atoms with Crippen molar-refractivity contribution in [3.63, 3.8) is 0 Å². The first-order chi connectivity index (χ1) is 17.5. The first kappa shape index (κ1) is 26.8. The lowest BCUT2D eigenvalue weighted by Gasteiger charge is -2.26. The van der Waals surface area contributed by atoms with E-state index in [-0.39, 0.29) is 24.5 Å². The Morgan fingerprint density at radius 1 is 1.03 bits per heavy atom. The largest absolute Gasteiger partial charge is 0.507 e. The zero-order valence-electron chi connectivity index (χ0n) is 21.0. The summed E-state index contributed by atoms with van der Waals surface area (Å²) in [4.78, 5) is 27.6. The number of Topliss-reactive ketones (excluding diaryl/α,β-unsaturated/α-hetero) is 1. The number of carbonyl (C=O) groups is 2. The molecule has 0 aliphatic carbocycles. The van der Waals surface area contributed by atoms with E-state index in [4.69, 9.17) is 18.9 Å². The molecule has 1 aliphatic rings. The summed E-state index contributed by atoms with van der Waals surface area (Å²) >= 11 is 0. The van der Waals surface area contributed by atoms with E-state index in [1.807, 2.05) is 13.8 Å². The van der Waals surface area contributed by atoms with E-state index in [0.717, 1.165) is 6.42 Å². The zero-order chi connectivity index (χ0) is 26.1. The Balaban J connectivity index is 2.10. The third-order valence-electron chi connectivity index (χ3n) is 5.62. The molecule has 8 heteroatoms. The number of likely N-dealkylation sites (tertiary alicyclic amines) is 1. The lowest BCUT2D eigenvalue weighted by Crippen LogP contribution is -2.32. The highest BCUT2D eigenvalue weighted by Crippen LogP contribution is 2.42. The standard InChI is InChI=1S/C28H33NO7/c1-5-15-35-21-11-8-19(9-12-21)26(30)24-25(29(14-17-33-4)28(32)27(24)31)20-10-13-22(36-16-6-2)23(18-20)34-7-3/h6,8-13,18,25,30H,2,5,7,14-17H2,1,3-4H3/t25-/m0/s1. The number of ether oxygens (including phenoxy) is 4. The fourth-order valence-corrected chi connectivity index (χ4v) is 3.96. The van der Waals surface area contributed by atoms with Gasteiger partial charge in [-0.2, -0.15) is 0 Å². The molecule has 36 heavy (non-hydrogen) atoms. The molecule has 1 amide bonds. The van der Waals surface area contributed by atoms with E-state index >= 15 is 0 Å². The Kier molecular flexibility index (Phi) is 9.53. The summed E-state index contributed by atoms with van der Waals surface area (Å²) in [5.41, 5.74) is 1.01. The number of hydrogen-bond donors (Lipinski definition) is 1. The quantitative estimate of drug-likeness (QED) is 0.189. The Morgan fingerprint density at radius 3 is 2.42 bits per heavy atom. The number of ketones is 1. The van der Waals surface area contributed by atoms with Gasteiger partial charge in [-0.25, -0.2) is 0 Å². The summed E-state index contributed by atoms with van der Waals surface area (Å²) in [6.07, 6.45) is 2.50. The van der Waals surface area contributed by atoms with E-state index in [1.165, 1.54) is 12.0 Å². The van der Waals surface area contributed by atoms with Gasteiger partial charge in [0.1, 0.15) is 18.1 Å². The molecule has 1 N–H and O–H groups in total. The highest BCUT2D eigenvalue weighted by atomic mass is 16.5. The summed E-state index contributed by atoms with van der Waals surface area (Å²) in [5, 5.41) is 11.2. The Hall–Kier alpha value is -3.78. The number of amides is 1. The minimum atomic E-state index is -0.830. The van der Waals surface area contributed by atoms with Crippen LogP contribution in [0.25, 0.3) is 5.76 Å². The smallest absolute Gasteiger partial charge is 0.295 e. The molecule has 2 aromatic carbocycles. The molecular formula is C28H33NO7. The number of aliphatic hydroxyl groups is 1. The van der Waals surface area contributed by atoms with Crippen molar-refractivity contribution < 1.29 is 33.6 Å². The van der Waals surface area contributed by atoms with Gasteiger partial charge >= 0.3 is 0 Å². The topological polar surface area (TPSA) is 94.5 Å². The van der Waals surface area contributed by atoms with Crippen LogP contribution in [-0.4, -0.2) is 61.8 Å². The summed E-state index contributed by atoms with van der Waals surface area (Å²) in [6.45, 7) is 9.19. The normalized spacial score (nSPS) is 16.8. The van der Waals surface area contributed by atoms with Gasteiger partial charge in [0, 0.05) is 19.2 Å². The number of rotatable bonds is 13. The number of methoxy groups -OCH3 is 1. The molecule has 2 aromatic rings. The molecule has 1 saturated heterocycles. The first-order valence-electron chi connectivity index (χ1n) is 12.0. The third kappa shape index (κ3) is 5.88. The summed E-state index contributed by atoms with van der Waals surface area (Å²) in [6, 6.07) is 11.2. The maximum atomic E-state index is 13.2. The molecule has 0 unspecified atom stereocenters. The molecule has 0 saturated carbocycles. The maximum absolute atomic E-state index is 13.2. The monoisotopic (exact) mass is 495 g/mol. The van der Waals surface area contributed by atoms with Gasteiger partial charge in [0.25, 0.3) is 11.7 Å². The van der Waals surface area contributed by atoms with E-state index in [9.17, 15) is 14.7 Å². The minimum Gasteiger partial charge on any atom is -0.507 e. The Morgan fingerprint density at radius 2 is 1.78 bits per heavy atom. The fourth-order valence-electron chi connectivity index (χ4n) is 3.96. The molecule has 0 aromatic heterocycles. The molecule has 0 bridgehead atoms. The predicted molar refractivity (Wildman–Crippen MR) is 136 cm³/mol. The average molecular weight is 496 g/mol. The van der Waals surface area contributed by atoms with Crippen LogP contribution in [0.3, 0.4) is 0 Å². The van der Waals surface area contributed by atoms with Gasteiger partial charge in [-0.15, -0.1) is 0 Å². The summed E-state index contributed by atoms with van der Waals surface area (Å²) in [5.74, 6) is -0.0906. The van der Waals surface area contributed by atoms with Crippen LogP contribution in [0, 0.1) is 0 Å². The van der Waals surface area contributed by atoms with Crippen molar-refractivity contribution >= 4 is 17.4 Å². The average Bonchev–Trinajstić information content (AvgIpc) is 3.15. The second-order valence-electron chi connectivity index (χ2n) is 8.10. The minimum absolute atomic E-state index is 0.000498. The van der Waals surface area contributed by atoms with Crippen LogP contribution in [0.1, 0.15) is 37.4 Å². The molecule has 1 heterocycles. The first-order valence-corrected chi connectivity index (χ1v) is 12.0. The molecule has 0 spiro atoms. The second-order valence-corrected chi connectivity index (χ2v) is 8.10. The van der Waals surface area contributed by atoms with Crippen LogP contribution in [0.4, 0.5) is 0 Å². The van der Waals surface area contributed by atoms with Crippen LogP contribution in [0.5, 0.6) is 17.2 Å². The number of benzene rings is 2. The summed E-state index contributed by atoms with van der Waals surface area (Å²) in [7, 11) is 1.52. The van der Waals surface area contributed by atoms with E-state index < -0.39 is 17.7 Å². The predicted octanol–water partition coefficient (Wildman–Crippen LogP) is 4.51. The highest BCUT2D eigenvalue weighted by Gasteiger charge is 2.46. The van der Waals surface area contributed by atoms with Crippen molar-refractivity contribution in [1.29, 1.82) is 0 Å². The van der Waals surface area contributed by atoms with Gasteiger partial charge in [-0.1, -0.05) is 25.6 Å². The molecule has 8 nitrogen and oxygen atoms in total. The molecular weight excluding hydrogens is 462 g/mol. The number of carbonyl (C=O) groups excluding carboxylic acids is 2. The van der Waals surface area contributed by atoms with Crippen molar-refractivity contribution in [3.8, 4) is 17.2 Å². The number of hydrogen-bond acceptors (Lipinski definition) is 7. The number of aliphatic hydroxyl groups excluding tert-OH is 1. The van der Waals surface area contributed by atoms with E-state index in [0.29, 0.717) is 48.2 Å². The van der Waals surface area contributed by atoms with Crippen LogP contribution < -0.4 is 14.2 Å². The molecule has 1 atom stereocenters. The van der Waals surface area contributed by atoms with Gasteiger partial charge in [0.15, 0.2) is 11.5 Å². The van der Waals surface area contributed by atoms with Crippen molar-refractivity contribution in [1.82, 2.24) is 4.90 Å². The third-order valence-corrected chi connectivity index (χ3v) is 5.62. The SMILES string of the molecule is C=CCOc1ccc([C@H]2C(=C(O)c3ccc(OCCC)cc3)C(=O)C(=O)N2CCOC)cc1OCC.